The Bertz CT molecular complexity index is 604. The first-order valence-corrected chi connectivity index (χ1v) is 5.95. The highest BCUT2D eigenvalue weighted by atomic mass is 35.5. The normalized spacial score (nSPS) is 11.9. The molecular weight excluding hydrogens is 269 g/mol. The molecule has 1 atom stereocenters. The first kappa shape index (κ1) is 13.4. The van der Waals surface area contributed by atoms with Gasteiger partial charge in [-0.15, -0.1) is 0 Å². The molecule has 19 heavy (non-hydrogen) atoms. The molecule has 0 amide bonds. The number of hydrogen-bond donors (Lipinski definition) is 2. The number of carboxylic acid groups (broad SMARTS) is 1. The van der Waals surface area contributed by atoms with E-state index in [0.29, 0.717) is 16.3 Å². The highest BCUT2D eigenvalue weighted by Crippen LogP contribution is 2.26. The predicted molar refractivity (Wildman–Crippen MR) is 71.9 cm³/mol. The number of nitrogens with one attached hydrogen (secondary N) is 1. The van der Waals surface area contributed by atoms with Gasteiger partial charge in [-0.2, -0.15) is 0 Å². The molecule has 5 heteroatoms. The molecule has 0 fully saturated rings. The van der Waals surface area contributed by atoms with Crippen LogP contribution >= 0.6 is 11.6 Å². The average molecular weight is 280 g/mol. The predicted octanol–water partition coefficient (Wildman–Crippen LogP) is 3.72. The maximum absolute atomic E-state index is 13.1. The molecule has 0 aromatic heterocycles. The van der Waals surface area contributed by atoms with E-state index in [1.165, 1.54) is 18.2 Å². The summed E-state index contributed by atoms with van der Waals surface area (Å²) in [6.07, 6.45) is 0. The minimum Gasteiger partial charge on any atom is -0.479 e. The Morgan fingerprint density at radius 3 is 2.58 bits per heavy atom. The van der Waals surface area contributed by atoms with Crippen LogP contribution in [0.5, 0.6) is 0 Å². The zero-order valence-corrected chi connectivity index (χ0v) is 10.6. The fourth-order valence-corrected chi connectivity index (χ4v) is 1.97. The fourth-order valence-electron chi connectivity index (χ4n) is 1.73. The summed E-state index contributed by atoms with van der Waals surface area (Å²) < 4.78 is 13.1. The van der Waals surface area contributed by atoms with Gasteiger partial charge in [-0.1, -0.05) is 35.9 Å². The lowest BCUT2D eigenvalue weighted by atomic mass is 10.1. The molecule has 0 radical (unpaired) electrons. The van der Waals surface area contributed by atoms with E-state index < -0.39 is 17.8 Å². The van der Waals surface area contributed by atoms with Crippen LogP contribution in [-0.4, -0.2) is 11.1 Å². The van der Waals surface area contributed by atoms with E-state index in [4.69, 9.17) is 11.6 Å². The molecule has 1 unspecified atom stereocenters. The summed E-state index contributed by atoms with van der Waals surface area (Å²) >= 11 is 5.98. The van der Waals surface area contributed by atoms with E-state index in [1.54, 1.807) is 30.3 Å². The second-order valence-electron chi connectivity index (χ2n) is 3.95. The summed E-state index contributed by atoms with van der Waals surface area (Å²) in [4.78, 5) is 11.3. The number of carbonyl (C=O) groups is 1. The van der Waals surface area contributed by atoms with Gasteiger partial charge < -0.3 is 10.4 Å². The van der Waals surface area contributed by atoms with Crippen LogP contribution in [0.15, 0.2) is 48.5 Å². The third-order valence-corrected chi connectivity index (χ3v) is 2.94. The van der Waals surface area contributed by atoms with E-state index in [1.807, 2.05) is 0 Å². The smallest absolute Gasteiger partial charge is 0.330 e. The Kier molecular flexibility index (Phi) is 4.02. The van der Waals surface area contributed by atoms with Gasteiger partial charge in [-0.3, -0.25) is 0 Å². The average Bonchev–Trinajstić information content (AvgIpc) is 2.37. The van der Waals surface area contributed by atoms with Crippen LogP contribution in [0.25, 0.3) is 0 Å². The van der Waals surface area contributed by atoms with Gasteiger partial charge in [0.15, 0.2) is 6.04 Å². The summed E-state index contributed by atoms with van der Waals surface area (Å²) in [6, 6.07) is 11.2. The van der Waals surface area contributed by atoms with Crippen molar-refractivity contribution in [2.75, 3.05) is 5.32 Å². The lowest BCUT2D eigenvalue weighted by Crippen LogP contribution is -2.20. The molecule has 2 aromatic rings. The van der Waals surface area contributed by atoms with Crippen LogP contribution in [0.4, 0.5) is 10.1 Å². The lowest BCUT2D eigenvalue weighted by molar-refractivity contribution is -0.138. The monoisotopic (exact) mass is 279 g/mol. The number of hydrogen-bond acceptors (Lipinski definition) is 2. The van der Waals surface area contributed by atoms with E-state index in [0.717, 1.165) is 0 Å². The third kappa shape index (κ3) is 3.23. The molecule has 3 nitrogen and oxygen atoms in total. The number of rotatable bonds is 4. The van der Waals surface area contributed by atoms with Crippen LogP contribution in [0, 0.1) is 5.82 Å². The molecule has 2 aromatic carbocycles. The van der Waals surface area contributed by atoms with Crippen molar-refractivity contribution in [2.45, 2.75) is 6.04 Å². The molecule has 2 rings (SSSR count). The molecule has 0 aliphatic carbocycles. The molecule has 0 saturated carbocycles. The van der Waals surface area contributed by atoms with Crippen molar-refractivity contribution in [3.05, 3.63) is 64.9 Å². The third-order valence-electron chi connectivity index (χ3n) is 2.60. The van der Waals surface area contributed by atoms with Crippen molar-refractivity contribution in [1.82, 2.24) is 0 Å². The van der Waals surface area contributed by atoms with Gasteiger partial charge in [-0.05, 0) is 24.3 Å². The van der Waals surface area contributed by atoms with E-state index >= 15 is 0 Å². The molecule has 0 heterocycles. The highest BCUT2D eigenvalue weighted by molar-refractivity contribution is 6.31. The van der Waals surface area contributed by atoms with E-state index in [2.05, 4.69) is 5.32 Å². The van der Waals surface area contributed by atoms with E-state index in [9.17, 15) is 14.3 Å². The summed E-state index contributed by atoms with van der Waals surface area (Å²) in [5.74, 6) is -1.52. The maximum Gasteiger partial charge on any atom is 0.330 e. The molecule has 0 spiro atoms. The van der Waals surface area contributed by atoms with Gasteiger partial charge in [0, 0.05) is 16.3 Å². The van der Waals surface area contributed by atoms with Crippen molar-refractivity contribution < 1.29 is 14.3 Å². The lowest BCUT2D eigenvalue weighted by Gasteiger charge is -2.17. The van der Waals surface area contributed by atoms with Gasteiger partial charge in [0.05, 0.1) is 0 Å². The van der Waals surface area contributed by atoms with E-state index in [-0.39, 0.29) is 0 Å². The van der Waals surface area contributed by atoms with Crippen LogP contribution in [0.3, 0.4) is 0 Å². The number of anilines is 1. The standard InChI is InChI=1S/C14H11ClFNO2/c15-12-7-2-1-6-11(12)13(14(18)19)17-10-5-3-4-9(16)8-10/h1-8,13,17H,(H,18,19). The Labute approximate surface area is 114 Å². The summed E-state index contributed by atoms with van der Waals surface area (Å²) in [5.41, 5.74) is 0.813. The highest BCUT2D eigenvalue weighted by Gasteiger charge is 2.21. The maximum atomic E-state index is 13.1. The second-order valence-corrected chi connectivity index (χ2v) is 4.35. The Morgan fingerprint density at radius 2 is 1.95 bits per heavy atom. The summed E-state index contributed by atoms with van der Waals surface area (Å²) in [6.45, 7) is 0. The molecule has 0 aliphatic heterocycles. The molecule has 0 aliphatic rings. The van der Waals surface area contributed by atoms with Crippen LogP contribution in [0.1, 0.15) is 11.6 Å². The first-order valence-electron chi connectivity index (χ1n) is 5.57. The zero-order chi connectivity index (χ0) is 13.8. The Hall–Kier alpha value is -2.07. The Morgan fingerprint density at radius 1 is 1.21 bits per heavy atom. The SMILES string of the molecule is O=C(O)C(Nc1cccc(F)c1)c1ccccc1Cl. The first-order chi connectivity index (χ1) is 9.08. The number of halogens is 2. The second kappa shape index (κ2) is 5.71. The molecule has 0 saturated heterocycles. The number of carboxylic acids is 1. The number of aliphatic carboxylic acids is 1. The summed E-state index contributed by atoms with van der Waals surface area (Å²) in [5, 5.41) is 12.4. The molecule has 2 N–H and O–H groups in total. The summed E-state index contributed by atoms with van der Waals surface area (Å²) in [7, 11) is 0. The fraction of sp³-hybridized carbons (Fsp3) is 0.0714. The molecular formula is C14H11ClFNO2. The molecule has 0 bridgehead atoms. The quantitative estimate of drug-likeness (QED) is 0.897. The minimum absolute atomic E-state index is 0.346. The van der Waals surface area contributed by atoms with Crippen LogP contribution in [0.2, 0.25) is 5.02 Å². The van der Waals surface area contributed by atoms with Gasteiger partial charge in [0.1, 0.15) is 5.82 Å². The van der Waals surface area contributed by atoms with Crippen molar-refractivity contribution in [1.29, 1.82) is 0 Å². The minimum atomic E-state index is -1.09. The largest absolute Gasteiger partial charge is 0.479 e. The van der Waals surface area contributed by atoms with Crippen LogP contribution < -0.4 is 5.32 Å². The zero-order valence-electron chi connectivity index (χ0n) is 9.81. The van der Waals surface area contributed by atoms with Crippen molar-refractivity contribution in [2.24, 2.45) is 0 Å². The van der Waals surface area contributed by atoms with Gasteiger partial charge in [0.2, 0.25) is 0 Å². The Balaban J connectivity index is 2.32. The van der Waals surface area contributed by atoms with Gasteiger partial charge in [-0.25, -0.2) is 9.18 Å². The van der Waals surface area contributed by atoms with Crippen molar-refractivity contribution in [3.8, 4) is 0 Å². The van der Waals surface area contributed by atoms with Crippen molar-refractivity contribution in [3.63, 3.8) is 0 Å². The van der Waals surface area contributed by atoms with Crippen LogP contribution in [-0.2, 0) is 4.79 Å². The topological polar surface area (TPSA) is 49.3 Å². The van der Waals surface area contributed by atoms with Gasteiger partial charge >= 0.3 is 5.97 Å². The molecule has 98 valence electrons. The van der Waals surface area contributed by atoms with Crippen molar-refractivity contribution >= 4 is 23.3 Å². The van der Waals surface area contributed by atoms with Gasteiger partial charge in [0.25, 0.3) is 0 Å². The number of benzene rings is 2.